The van der Waals surface area contributed by atoms with Crippen LogP contribution in [0.4, 0.5) is 4.39 Å². The first-order valence-corrected chi connectivity index (χ1v) is 5.63. The van der Waals surface area contributed by atoms with Gasteiger partial charge in [0.15, 0.2) is 5.78 Å². The third kappa shape index (κ3) is 4.24. The smallest absolute Gasteiger partial charge is 0.164 e. The number of nitrogens with zero attached hydrogens (tertiary/aromatic N) is 1. The standard InChI is InChI=1S/C13H18FNO2/c1-10-3-4-11(9-12(10)14)13(17)5-6-15(2)7-8-16/h3-4,9,16H,5-8H2,1-2H3. The third-order valence-corrected chi connectivity index (χ3v) is 2.70. The normalized spacial score (nSPS) is 10.9. The van der Waals surface area contributed by atoms with Gasteiger partial charge >= 0.3 is 0 Å². The third-order valence-electron chi connectivity index (χ3n) is 2.70. The summed E-state index contributed by atoms with van der Waals surface area (Å²) in [5.74, 6) is -0.423. The van der Waals surface area contributed by atoms with Crippen LogP contribution in [-0.2, 0) is 0 Å². The highest BCUT2D eigenvalue weighted by Crippen LogP contribution is 2.11. The molecular weight excluding hydrogens is 221 g/mol. The molecule has 0 aliphatic rings. The first-order chi connectivity index (χ1) is 8.04. The van der Waals surface area contributed by atoms with Gasteiger partial charge in [0, 0.05) is 25.1 Å². The van der Waals surface area contributed by atoms with E-state index in [-0.39, 0.29) is 18.2 Å². The summed E-state index contributed by atoms with van der Waals surface area (Å²) in [6, 6.07) is 4.54. The molecule has 0 aromatic heterocycles. The Kier molecular flexibility index (Phi) is 5.25. The van der Waals surface area contributed by atoms with E-state index in [1.807, 2.05) is 11.9 Å². The van der Waals surface area contributed by atoms with Gasteiger partial charge in [0.25, 0.3) is 0 Å². The number of aliphatic hydroxyl groups excluding tert-OH is 1. The molecule has 0 saturated carbocycles. The summed E-state index contributed by atoms with van der Waals surface area (Å²) in [6.07, 6.45) is 0.332. The fourth-order valence-electron chi connectivity index (χ4n) is 1.49. The van der Waals surface area contributed by atoms with Crippen molar-refractivity contribution in [1.82, 2.24) is 4.90 Å². The van der Waals surface area contributed by atoms with E-state index in [0.29, 0.717) is 30.6 Å². The number of rotatable bonds is 6. The largest absolute Gasteiger partial charge is 0.395 e. The molecule has 0 saturated heterocycles. The van der Waals surface area contributed by atoms with Crippen LogP contribution in [-0.4, -0.2) is 42.5 Å². The Morgan fingerprint density at radius 1 is 1.41 bits per heavy atom. The fourth-order valence-corrected chi connectivity index (χ4v) is 1.49. The van der Waals surface area contributed by atoms with Crippen LogP contribution in [0.15, 0.2) is 18.2 Å². The van der Waals surface area contributed by atoms with Gasteiger partial charge in [0.2, 0.25) is 0 Å². The molecule has 0 heterocycles. The van der Waals surface area contributed by atoms with E-state index in [1.165, 1.54) is 6.07 Å². The lowest BCUT2D eigenvalue weighted by Gasteiger charge is -2.14. The molecule has 1 rings (SSSR count). The fraction of sp³-hybridized carbons (Fsp3) is 0.462. The maximum atomic E-state index is 13.3. The van der Waals surface area contributed by atoms with E-state index in [2.05, 4.69) is 0 Å². The first kappa shape index (κ1) is 13.8. The second kappa shape index (κ2) is 6.47. The molecular formula is C13H18FNO2. The van der Waals surface area contributed by atoms with Crippen LogP contribution in [0, 0.1) is 12.7 Å². The second-order valence-electron chi connectivity index (χ2n) is 4.16. The number of carbonyl (C=O) groups excluding carboxylic acids is 1. The lowest BCUT2D eigenvalue weighted by Crippen LogP contribution is -2.25. The number of ketones is 1. The van der Waals surface area contributed by atoms with E-state index in [1.54, 1.807) is 19.1 Å². The Hall–Kier alpha value is -1.26. The minimum Gasteiger partial charge on any atom is -0.395 e. The minimum absolute atomic E-state index is 0.0733. The van der Waals surface area contributed by atoms with Crippen molar-refractivity contribution in [2.45, 2.75) is 13.3 Å². The Labute approximate surface area is 101 Å². The molecule has 0 aliphatic heterocycles. The zero-order chi connectivity index (χ0) is 12.8. The number of hydrogen-bond acceptors (Lipinski definition) is 3. The SMILES string of the molecule is Cc1ccc(C(=O)CCN(C)CCO)cc1F. The highest BCUT2D eigenvalue weighted by Gasteiger charge is 2.09. The van der Waals surface area contributed by atoms with Gasteiger partial charge in [-0.3, -0.25) is 4.79 Å². The van der Waals surface area contributed by atoms with E-state index in [0.717, 1.165) is 0 Å². The molecule has 0 radical (unpaired) electrons. The first-order valence-electron chi connectivity index (χ1n) is 5.63. The van der Waals surface area contributed by atoms with Gasteiger partial charge in [-0.25, -0.2) is 4.39 Å². The Morgan fingerprint density at radius 2 is 2.12 bits per heavy atom. The topological polar surface area (TPSA) is 40.5 Å². The Bertz CT molecular complexity index is 393. The summed E-state index contributed by atoms with van der Waals surface area (Å²) < 4.78 is 13.3. The van der Waals surface area contributed by atoms with E-state index in [4.69, 9.17) is 5.11 Å². The summed E-state index contributed by atoms with van der Waals surface area (Å²) in [7, 11) is 1.83. The van der Waals surface area contributed by atoms with Crippen molar-refractivity contribution in [3.05, 3.63) is 35.1 Å². The second-order valence-corrected chi connectivity index (χ2v) is 4.16. The van der Waals surface area contributed by atoms with Crippen molar-refractivity contribution in [3.63, 3.8) is 0 Å². The summed E-state index contributed by atoms with van der Waals surface area (Å²) in [4.78, 5) is 13.6. The number of aryl methyl sites for hydroxylation is 1. The molecule has 17 heavy (non-hydrogen) atoms. The molecule has 0 unspecified atom stereocenters. The van der Waals surface area contributed by atoms with Gasteiger partial charge < -0.3 is 10.0 Å². The van der Waals surface area contributed by atoms with Crippen LogP contribution in [0.5, 0.6) is 0 Å². The van der Waals surface area contributed by atoms with Gasteiger partial charge in [0.1, 0.15) is 5.82 Å². The van der Waals surface area contributed by atoms with Crippen LogP contribution in [0.2, 0.25) is 0 Å². The number of halogens is 1. The van der Waals surface area contributed by atoms with Crippen molar-refractivity contribution in [2.24, 2.45) is 0 Å². The molecule has 1 N–H and O–H groups in total. The van der Waals surface area contributed by atoms with Gasteiger partial charge in [-0.1, -0.05) is 12.1 Å². The lowest BCUT2D eigenvalue weighted by molar-refractivity contribution is 0.0964. The summed E-state index contributed by atoms with van der Waals surface area (Å²) >= 11 is 0. The Balaban J connectivity index is 2.55. The molecule has 0 fully saturated rings. The molecule has 1 aromatic rings. The maximum absolute atomic E-state index is 13.3. The zero-order valence-electron chi connectivity index (χ0n) is 10.2. The molecule has 1 aromatic carbocycles. The number of Topliss-reactive ketones (excluding diaryl/α,β-unsaturated/α-hetero) is 1. The van der Waals surface area contributed by atoms with Crippen LogP contribution in [0.3, 0.4) is 0 Å². The molecule has 4 heteroatoms. The van der Waals surface area contributed by atoms with Crippen LogP contribution >= 0.6 is 0 Å². The van der Waals surface area contributed by atoms with Crippen molar-refractivity contribution in [3.8, 4) is 0 Å². The summed E-state index contributed by atoms with van der Waals surface area (Å²) in [5, 5.41) is 8.71. The number of benzene rings is 1. The summed E-state index contributed by atoms with van der Waals surface area (Å²) in [6.45, 7) is 2.84. The number of carbonyl (C=O) groups is 1. The number of hydrogen-bond donors (Lipinski definition) is 1. The zero-order valence-corrected chi connectivity index (χ0v) is 10.2. The molecule has 0 bridgehead atoms. The highest BCUT2D eigenvalue weighted by molar-refractivity contribution is 5.96. The van der Waals surface area contributed by atoms with Gasteiger partial charge in [0.05, 0.1) is 6.61 Å². The molecule has 0 spiro atoms. The molecule has 3 nitrogen and oxygen atoms in total. The highest BCUT2D eigenvalue weighted by atomic mass is 19.1. The van der Waals surface area contributed by atoms with Gasteiger partial charge in [-0.05, 0) is 25.6 Å². The van der Waals surface area contributed by atoms with Crippen LogP contribution in [0.1, 0.15) is 22.3 Å². The van der Waals surface area contributed by atoms with E-state index >= 15 is 0 Å². The predicted molar refractivity (Wildman–Crippen MR) is 64.7 cm³/mol. The van der Waals surface area contributed by atoms with E-state index < -0.39 is 0 Å². The van der Waals surface area contributed by atoms with E-state index in [9.17, 15) is 9.18 Å². The minimum atomic E-state index is -0.348. The summed E-state index contributed by atoms with van der Waals surface area (Å²) in [5.41, 5.74) is 0.949. The monoisotopic (exact) mass is 239 g/mol. The molecule has 94 valence electrons. The number of likely N-dealkylation sites (N-methyl/N-ethyl adjacent to an activating group) is 1. The van der Waals surface area contributed by atoms with Crippen LogP contribution < -0.4 is 0 Å². The quantitative estimate of drug-likeness (QED) is 0.767. The number of aliphatic hydroxyl groups is 1. The molecule has 0 atom stereocenters. The van der Waals surface area contributed by atoms with Gasteiger partial charge in [-0.15, -0.1) is 0 Å². The molecule has 0 aliphatic carbocycles. The van der Waals surface area contributed by atoms with Crippen molar-refractivity contribution < 1.29 is 14.3 Å². The van der Waals surface area contributed by atoms with Gasteiger partial charge in [-0.2, -0.15) is 0 Å². The predicted octanol–water partition coefficient (Wildman–Crippen LogP) is 1.63. The molecule has 0 amide bonds. The van der Waals surface area contributed by atoms with Crippen molar-refractivity contribution >= 4 is 5.78 Å². The maximum Gasteiger partial charge on any atom is 0.164 e. The van der Waals surface area contributed by atoms with Crippen LogP contribution in [0.25, 0.3) is 0 Å². The Morgan fingerprint density at radius 3 is 2.71 bits per heavy atom. The lowest BCUT2D eigenvalue weighted by atomic mass is 10.1. The van der Waals surface area contributed by atoms with Crippen molar-refractivity contribution in [2.75, 3.05) is 26.7 Å². The average molecular weight is 239 g/mol. The van der Waals surface area contributed by atoms with Crippen molar-refractivity contribution in [1.29, 1.82) is 0 Å². The average Bonchev–Trinajstić information content (AvgIpc) is 2.30.